The van der Waals surface area contributed by atoms with Crippen LogP contribution in [-0.4, -0.2) is 32.7 Å². The van der Waals surface area contributed by atoms with Crippen molar-refractivity contribution in [3.8, 4) is 5.75 Å². The molecule has 0 N–H and O–H groups in total. The zero-order valence-corrected chi connectivity index (χ0v) is 14.7. The van der Waals surface area contributed by atoms with Crippen molar-refractivity contribution in [1.29, 1.82) is 0 Å². The minimum absolute atomic E-state index is 0.183. The predicted molar refractivity (Wildman–Crippen MR) is 101 cm³/mol. The molecule has 0 radical (unpaired) electrons. The first-order chi connectivity index (χ1) is 12.3. The highest BCUT2D eigenvalue weighted by molar-refractivity contribution is 5.97. The molecule has 0 fully saturated rings. The summed E-state index contributed by atoms with van der Waals surface area (Å²) >= 11 is 0. The summed E-state index contributed by atoms with van der Waals surface area (Å²) in [6, 6.07) is 14.5. The Morgan fingerprint density at radius 2 is 1.80 bits per heavy atom. The summed E-state index contributed by atoms with van der Waals surface area (Å²) in [4.78, 5) is 17.2. The second-order valence-corrected chi connectivity index (χ2v) is 6.80. The van der Waals surface area contributed by atoms with Crippen LogP contribution in [0.5, 0.6) is 5.75 Å². The molecule has 2 aliphatic rings. The lowest BCUT2D eigenvalue weighted by Crippen LogP contribution is -2.44. The van der Waals surface area contributed by atoms with E-state index in [2.05, 4.69) is 35.2 Å². The molecule has 0 spiro atoms. The first kappa shape index (κ1) is 16.0. The van der Waals surface area contributed by atoms with E-state index in [4.69, 9.17) is 4.74 Å². The Labute approximate surface area is 149 Å². The highest BCUT2D eigenvalue weighted by Gasteiger charge is 2.26. The molecular formula is C21H24N2O2. The van der Waals surface area contributed by atoms with Gasteiger partial charge in [-0.1, -0.05) is 18.2 Å². The molecule has 25 heavy (non-hydrogen) atoms. The van der Waals surface area contributed by atoms with E-state index in [9.17, 15) is 4.79 Å². The summed E-state index contributed by atoms with van der Waals surface area (Å²) < 4.78 is 5.32. The number of aryl methyl sites for hydroxylation is 2. The predicted octanol–water partition coefficient (Wildman–Crippen LogP) is 3.43. The number of carbonyl (C=O) groups excluding carboxylic acids is 1. The molecule has 0 saturated heterocycles. The number of anilines is 2. The van der Waals surface area contributed by atoms with E-state index < -0.39 is 0 Å². The number of para-hydroxylation sites is 1. The minimum atomic E-state index is 0.183. The first-order valence-electron chi connectivity index (χ1n) is 9.06. The number of benzene rings is 2. The van der Waals surface area contributed by atoms with Crippen LogP contribution in [0.4, 0.5) is 11.4 Å². The molecule has 2 aromatic carbocycles. The molecule has 2 aromatic rings. The molecule has 1 amide bonds. The Morgan fingerprint density at radius 3 is 2.68 bits per heavy atom. The van der Waals surface area contributed by atoms with Gasteiger partial charge in [-0.15, -0.1) is 0 Å². The third kappa shape index (κ3) is 3.09. The van der Waals surface area contributed by atoms with Gasteiger partial charge in [0.2, 0.25) is 5.91 Å². The second kappa shape index (κ2) is 6.79. The highest BCUT2D eigenvalue weighted by Crippen LogP contribution is 2.31. The highest BCUT2D eigenvalue weighted by atomic mass is 16.5. The van der Waals surface area contributed by atoms with Gasteiger partial charge in [0.1, 0.15) is 5.75 Å². The molecule has 4 heteroatoms. The Balaban J connectivity index is 1.55. The summed E-state index contributed by atoms with van der Waals surface area (Å²) in [7, 11) is 1.68. The van der Waals surface area contributed by atoms with Crippen LogP contribution in [0.1, 0.15) is 24.0 Å². The van der Waals surface area contributed by atoms with E-state index in [1.165, 1.54) is 16.8 Å². The van der Waals surface area contributed by atoms with E-state index in [0.717, 1.165) is 50.2 Å². The topological polar surface area (TPSA) is 32.8 Å². The molecule has 4 nitrogen and oxygen atoms in total. The lowest BCUT2D eigenvalue weighted by atomic mass is 10.0. The standard InChI is InChI=1S/C21H24N2O2/c1-25-18-10-11-20-17(14-18)8-5-13-23(20)21(24)15-22-12-4-7-16-6-2-3-9-19(16)22/h2-3,6,9-11,14H,4-5,7-8,12-13,15H2,1H3. The van der Waals surface area contributed by atoms with Crippen LogP contribution in [0.15, 0.2) is 42.5 Å². The van der Waals surface area contributed by atoms with Gasteiger partial charge < -0.3 is 14.5 Å². The fourth-order valence-electron chi connectivity index (χ4n) is 3.98. The molecule has 0 bridgehead atoms. The lowest BCUT2D eigenvalue weighted by molar-refractivity contribution is -0.117. The third-order valence-electron chi connectivity index (χ3n) is 5.24. The van der Waals surface area contributed by atoms with Crippen LogP contribution >= 0.6 is 0 Å². The fraction of sp³-hybridized carbons (Fsp3) is 0.381. The largest absolute Gasteiger partial charge is 0.497 e. The molecule has 0 atom stereocenters. The second-order valence-electron chi connectivity index (χ2n) is 6.80. The normalized spacial score (nSPS) is 16.2. The third-order valence-corrected chi connectivity index (χ3v) is 5.24. The van der Waals surface area contributed by atoms with Crippen LogP contribution < -0.4 is 14.5 Å². The summed E-state index contributed by atoms with van der Waals surface area (Å²) in [6.07, 6.45) is 4.22. The number of methoxy groups -OCH3 is 1. The van der Waals surface area contributed by atoms with Gasteiger partial charge in [0, 0.05) is 24.5 Å². The lowest BCUT2D eigenvalue weighted by Gasteiger charge is -2.35. The number of fused-ring (bicyclic) bond motifs is 2. The first-order valence-corrected chi connectivity index (χ1v) is 9.06. The van der Waals surface area contributed by atoms with Crippen molar-refractivity contribution in [2.45, 2.75) is 25.7 Å². The number of nitrogens with zero attached hydrogens (tertiary/aromatic N) is 2. The van der Waals surface area contributed by atoms with Gasteiger partial charge in [0.05, 0.1) is 13.7 Å². The van der Waals surface area contributed by atoms with Crippen LogP contribution in [-0.2, 0) is 17.6 Å². The number of ether oxygens (including phenoxy) is 1. The number of rotatable bonds is 3. The number of amides is 1. The van der Waals surface area contributed by atoms with Gasteiger partial charge in [0.15, 0.2) is 0 Å². The van der Waals surface area contributed by atoms with Gasteiger partial charge in [-0.3, -0.25) is 4.79 Å². The molecule has 2 aliphatic heterocycles. The van der Waals surface area contributed by atoms with Crippen molar-refractivity contribution in [3.63, 3.8) is 0 Å². The van der Waals surface area contributed by atoms with E-state index in [1.54, 1.807) is 7.11 Å². The van der Waals surface area contributed by atoms with Gasteiger partial charge in [-0.05, 0) is 61.1 Å². The molecular weight excluding hydrogens is 312 g/mol. The van der Waals surface area contributed by atoms with Gasteiger partial charge in [0.25, 0.3) is 0 Å². The average molecular weight is 336 g/mol. The number of hydrogen-bond acceptors (Lipinski definition) is 3. The molecule has 0 aromatic heterocycles. The maximum atomic E-state index is 13.0. The van der Waals surface area contributed by atoms with Crippen molar-refractivity contribution in [3.05, 3.63) is 53.6 Å². The quantitative estimate of drug-likeness (QED) is 0.861. The Morgan fingerprint density at radius 1 is 1.00 bits per heavy atom. The number of carbonyl (C=O) groups is 1. The van der Waals surface area contributed by atoms with E-state index in [0.29, 0.717) is 6.54 Å². The average Bonchev–Trinajstić information content (AvgIpc) is 2.67. The maximum Gasteiger partial charge on any atom is 0.246 e. The Bertz CT molecular complexity index is 787. The van der Waals surface area contributed by atoms with Crippen molar-refractivity contribution in [1.82, 2.24) is 0 Å². The number of hydrogen-bond donors (Lipinski definition) is 0. The van der Waals surface area contributed by atoms with Crippen molar-refractivity contribution >= 4 is 17.3 Å². The zero-order valence-electron chi connectivity index (χ0n) is 14.7. The van der Waals surface area contributed by atoms with E-state index >= 15 is 0 Å². The Hall–Kier alpha value is -2.49. The van der Waals surface area contributed by atoms with Crippen LogP contribution in [0.3, 0.4) is 0 Å². The minimum Gasteiger partial charge on any atom is -0.497 e. The molecule has 4 rings (SSSR count). The Kier molecular flexibility index (Phi) is 4.35. The SMILES string of the molecule is COc1ccc2c(c1)CCCN2C(=O)CN1CCCc2ccccc21. The van der Waals surface area contributed by atoms with Crippen LogP contribution in [0.2, 0.25) is 0 Å². The summed E-state index contributed by atoms with van der Waals surface area (Å²) in [5.74, 6) is 1.04. The van der Waals surface area contributed by atoms with Gasteiger partial charge in [-0.2, -0.15) is 0 Å². The molecule has 0 unspecified atom stereocenters. The molecule has 0 saturated carbocycles. The zero-order chi connectivity index (χ0) is 17.2. The smallest absolute Gasteiger partial charge is 0.246 e. The molecule has 2 heterocycles. The van der Waals surface area contributed by atoms with Gasteiger partial charge in [-0.25, -0.2) is 0 Å². The van der Waals surface area contributed by atoms with Gasteiger partial charge >= 0.3 is 0 Å². The summed E-state index contributed by atoms with van der Waals surface area (Å²) in [5.41, 5.74) is 4.82. The van der Waals surface area contributed by atoms with Crippen molar-refractivity contribution in [2.75, 3.05) is 36.5 Å². The summed E-state index contributed by atoms with van der Waals surface area (Å²) in [5, 5.41) is 0. The maximum absolute atomic E-state index is 13.0. The molecule has 130 valence electrons. The van der Waals surface area contributed by atoms with E-state index in [-0.39, 0.29) is 5.91 Å². The van der Waals surface area contributed by atoms with E-state index in [1.807, 2.05) is 17.0 Å². The monoisotopic (exact) mass is 336 g/mol. The molecule has 0 aliphatic carbocycles. The van der Waals surface area contributed by atoms with Crippen LogP contribution in [0, 0.1) is 0 Å². The summed E-state index contributed by atoms with van der Waals surface area (Å²) in [6.45, 7) is 2.20. The van der Waals surface area contributed by atoms with Crippen LogP contribution in [0.25, 0.3) is 0 Å². The van der Waals surface area contributed by atoms with Crippen molar-refractivity contribution < 1.29 is 9.53 Å². The fourth-order valence-corrected chi connectivity index (χ4v) is 3.98. The van der Waals surface area contributed by atoms with Crippen molar-refractivity contribution in [2.24, 2.45) is 0 Å².